The molecule has 0 radical (unpaired) electrons. The molecule has 140 valence electrons. The van der Waals surface area contributed by atoms with Crippen LogP contribution in [-0.4, -0.2) is 26.7 Å². The van der Waals surface area contributed by atoms with Gasteiger partial charge in [-0.05, 0) is 24.3 Å². The van der Waals surface area contributed by atoms with Crippen LogP contribution in [0.25, 0.3) is 6.08 Å². The molecule has 1 amide bonds. The number of carbonyl (C=O) groups is 1. The van der Waals surface area contributed by atoms with Crippen LogP contribution in [0.5, 0.6) is 17.2 Å². The summed E-state index contributed by atoms with van der Waals surface area (Å²) < 4.78 is 40.0. The Bertz CT molecular complexity index is 892. The number of carbonyl (C=O) groups excluding carboxylic acids is 1. The summed E-state index contributed by atoms with van der Waals surface area (Å²) in [5.74, 6) is -0.543. The van der Waals surface area contributed by atoms with E-state index in [1.54, 1.807) is 30.3 Å². The molecule has 0 saturated heterocycles. The van der Waals surface area contributed by atoms with E-state index in [1.165, 1.54) is 32.4 Å². The zero-order valence-corrected chi connectivity index (χ0v) is 14.5. The predicted octanol–water partition coefficient (Wildman–Crippen LogP) is 3.85. The highest BCUT2D eigenvalue weighted by atomic mass is 19.3. The van der Waals surface area contributed by atoms with Crippen LogP contribution in [0.15, 0.2) is 48.0 Å². The van der Waals surface area contributed by atoms with Crippen molar-refractivity contribution < 1.29 is 27.8 Å². The molecule has 0 unspecified atom stereocenters. The molecule has 2 rings (SSSR count). The van der Waals surface area contributed by atoms with Gasteiger partial charge in [0.1, 0.15) is 17.4 Å². The SMILES string of the molecule is COc1ccccc1NC(=O)/C(C#N)=C/c1cccc(OC)c1OC(F)F. The molecule has 2 aromatic rings. The van der Waals surface area contributed by atoms with Gasteiger partial charge in [-0.15, -0.1) is 0 Å². The minimum absolute atomic E-state index is 0.0477. The monoisotopic (exact) mass is 374 g/mol. The Morgan fingerprint density at radius 1 is 1.11 bits per heavy atom. The van der Waals surface area contributed by atoms with Crippen LogP contribution in [0.4, 0.5) is 14.5 Å². The Balaban J connectivity index is 2.38. The van der Waals surface area contributed by atoms with Gasteiger partial charge in [0.05, 0.1) is 19.9 Å². The van der Waals surface area contributed by atoms with Crippen molar-refractivity contribution in [3.63, 3.8) is 0 Å². The third kappa shape index (κ3) is 4.95. The van der Waals surface area contributed by atoms with E-state index in [4.69, 9.17) is 9.47 Å². The number of alkyl halides is 2. The van der Waals surface area contributed by atoms with Gasteiger partial charge in [0.2, 0.25) is 0 Å². The van der Waals surface area contributed by atoms with E-state index in [0.717, 1.165) is 6.08 Å². The van der Waals surface area contributed by atoms with Gasteiger partial charge in [-0.3, -0.25) is 4.79 Å². The number of halogens is 2. The van der Waals surface area contributed by atoms with E-state index in [2.05, 4.69) is 10.1 Å². The summed E-state index contributed by atoms with van der Waals surface area (Å²) in [5, 5.41) is 11.9. The lowest BCUT2D eigenvalue weighted by atomic mass is 10.1. The van der Waals surface area contributed by atoms with Crippen LogP contribution in [0.2, 0.25) is 0 Å². The quantitative estimate of drug-likeness (QED) is 0.588. The summed E-state index contributed by atoms with van der Waals surface area (Å²) in [7, 11) is 2.73. The van der Waals surface area contributed by atoms with E-state index in [-0.39, 0.29) is 22.6 Å². The third-order valence-electron chi connectivity index (χ3n) is 3.46. The average molecular weight is 374 g/mol. The van der Waals surface area contributed by atoms with Crippen LogP contribution in [0, 0.1) is 11.3 Å². The van der Waals surface area contributed by atoms with Crippen LogP contribution in [-0.2, 0) is 4.79 Å². The number of hydrogen-bond donors (Lipinski definition) is 1. The minimum Gasteiger partial charge on any atom is -0.495 e. The van der Waals surface area contributed by atoms with E-state index in [1.807, 2.05) is 0 Å². The first-order valence-corrected chi connectivity index (χ1v) is 7.68. The lowest BCUT2D eigenvalue weighted by molar-refractivity contribution is -0.112. The number of benzene rings is 2. The van der Waals surface area contributed by atoms with Crippen LogP contribution < -0.4 is 19.5 Å². The molecule has 0 spiro atoms. The van der Waals surface area contributed by atoms with Gasteiger partial charge < -0.3 is 19.5 Å². The van der Waals surface area contributed by atoms with Crippen molar-refractivity contribution in [3.8, 4) is 23.3 Å². The van der Waals surface area contributed by atoms with Crippen molar-refractivity contribution >= 4 is 17.7 Å². The van der Waals surface area contributed by atoms with Crippen LogP contribution >= 0.6 is 0 Å². The number of anilines is 1. The van der Waals surface area contributed by atoms with E-state index in [0.29, 0.717) is 11.4 Å². The van der Waals surface area contributed by atoms with Crippen molar-refractivity contribution in [2.75, 3.05) is 19.5 Å². The second-order valence-electron chi connectivity index (χ2n) is 5.08. The van der Waals surface area contributed by atoms with E-state index < -0.39 is 12.5 Å². The zero-order chi connectivity index (χ0) is 19.8. The molecule has 0 aliphatic rings. The minimum atomic E-state index is -3.10. The van der Waals surface area contributed by atoms with Crippen molar-refractivity contribution in [3.05, 3.63) is 53.6 Å². The van der Waals surface area contributed by atoms with Crippen molar-refractivity contribution in [1.29, 1.82) is 5.26 Å². The van der Waals surface area contributed by atoms with E-state index in [9.17, 15) is 18.8 Å². The second-order valence-corrected chi connectivity index (χ2v) is 5.08. The number of rotatable bonds is 7. The van der Waals surface area contributed by atoms with Crippen LogP contribution in [0.1, 0.15) is 5.56 Å². The van der Waals surface area contributed by atoms with Gasteiger partial charge in [0.15, 0.2) is 11.5 Å². The topological polar surface area (TPSA) is 80.6 Å². The molecule has 0 saturated carbocycles. The number of amides is 1. The predicted molar refractivity (Wildman–Crippen MR) is 94.8 cm³/mol. The highest BCUT2D eigenvalue weighted by Gasteiger charge is 2.17. The number of nitriles is 1. The fourth-order valence-corrected chi connectivity index (χ4v) is 2.26. The molecule has 6 nitrogen and oxygen atoms in total. The van der Waals surface area contributed by atoms with Gasteiger partial charge in [-0.25, -0.2) is 0 Å². The summed E-state index contributed by atoms with van der Waals surface area (Å²) >= 11 is 0. The second kappa shape index (κ2) is 9.20. The smallest absolute Gasteiger partial charge is 0.387 e. The fourth-order valence-electron chi connectivity index (χ4n) is 2.26. The number of ether oxygens (including phenoxy) is 3. The first-order chi connectivity index (χ1) is 13.0. The lowest BCUT2D eigenvalue weighted by Gasteiger charge is -2.13. The maximum absolute atomic E-state index is 12.7. The molecule has 0 heterocycles. The molecule has 0 aliphatic carbocycles. The molecule has 0 aliphatic heterocycles. The molecule has 8 heteroatoms. The molecule has 2 aromatic carbocycles. The summed E-state index contributed by atoms with van der Waals surface area (Å²) in [6.45, 7) is -3.10. The maximum atomic E-state index is 12.7. The number of methoxy groups -OCH3 is 2. The summed E-state index contributed by atoms with van der Waals surface area (Å²) in [6.07, 6.45) is 1.14. The molecule has 27 heavy (non-hydrogen) atoms. The number of hydrogen-bond acceptors (Lipinski definition) is 5. The number of nitrogens with zero attached hydrogens (tertiary/aromatic N) is 1. The Labute approximate surface area is 154 Å². The highest BCUT2D eigenvalue weighted by molar-refractivity contribution is 6.10. The highest BCUT2D eigenvalue weighted by Crippen LogP contribution is 2.34. The first kappa shape index (κ1) is 19.7. The summed E-state index contributed by atoms with van der Waals surface area (Å²) in [6, 6.07) is 12.8. The summed E-state index contributed by atoms with van der Waals surface area (Å²) in [5.41, 5.74) is 0.149. The Hall–Kier alpha value is -3.60. The van der Waals surface area contributed by atoms with E-state index >= 15 is 0 Å². The van der Waals surface area contributed by atoms with Gasteiger partial charge in [0.25, 0.3) is 5.91 Å². The van der Waals surface area contributed by atoms with Gasteiger partial charge in [-0.1, -0.05) is 24.3 Å². The zero-order valence-electron chi connectivity index (χ0n) is 14.5. The van der Waals surface area contributed by atoms with Crippen molar-refractivity contribution in [2.24, 2.45) is 0 Å². The molecule has 0 atom stereocenters. The lowest BCUT2D eigenvalue weighted by Crippen LogP contribution is -2.14. The Kier molecular flexibility index (Phi) is 6.72. The molecular weight excluding hydrogens is 358 g/mol. The molecular formula is C19H16F2N2O4. The van der Waals surface area contributed by atoms with Crippen LogP contribution in [0.3, 0.4) is 0 Å². The molecule has 1 N–H and O–H groups in total. The maximum Gasteiger partial charge on any atom is 0.387 e. The Morgan fingerprint density at radius 3 is 2.41 bits per heavy atom. The van der Waals surface area contributed by atoms with Gasteiger partial charge in [0, 0.05) is 5.56 Å². The largest absolute Gasteiger partial charge is 0.495 e. The summed E-state index contributed by atoms with van der Waals surface area (Å²) in [4.78, 5) is 12.4. The average Bonchev–Trinajstić information content (AvgIpc) is 2.66. The molecule has 0 aromatic heterocycles. The fraction of sp³-hybridized carbons (Fsp3) is 0.158. The van der Waals surface area contributed by atoms with Gasteiger partial charge in [-0.2, -0.15) is 14.0 Å². The number of para-hydroxylation sites is 3. The normalized spacial score (nSPS) is 10.9. The van der Waals surface area contributed by atoms with Gasteiger partial charge >= 0.3 is 6.61 Å². The third-order valence-corrected chi connectivity index (χ3v) is 3.46. The standard InChI is InChI=1S/C19H16F2N2O4/c1-25-15-8-4-3-7-14(15)23-18(24)13(11-22)10-12-6-5-9-16(26-2)17(12)27-19(20)21/h3-10,19H,1-2H3,(H,23,24)/b13-10+. The van der Waals surface area contributed by atoms with Crippen molar-refractivity contribution in [1.82, 2.24) is 0 Å². The molecule has 0 fully saturated rings. The molecule has 0 bridgehead atoms. The number of nitrogens with one attached hydrogen (secondary N) is 1. The van der Waals surface area contributed by atoms with Crippen molar-refractivity contribution in [2.45, 2.75) is 6.61 Å². The first-order valence-electron chi connectivity index (χ1n) is 7.68. The Morgan fingerprint density at radius 2 is 1.78 bits per heavy atom.